The third-order valence-corrected chi connectivity index (χ3v) is 5.54. The molecule has 162 valence electrons. The second kappa shape index (κ2) is 9.48. The van der Waals surface area contributed by atoms with Crippen molar-refractivity contribution < 1.29 is 13.9 Å². The van der Waals surface area contributed by atoms with E-state index in [2.05, 4.69) is 23.7 Å². The minimum absolute atomic E-state index is 0.0246. The monoisotopic (exact) mass is 420 g/mol. The molecular weight excluding hydrogens is 391 g/mol. The van der Waals surface area contributed by atoms with Gasteiger partial charge in [0.2, 0.25) is 5.88 Å². The van der Waals surface area contributed by atoms with Gasteiger partial charge in [-0.3, -0.25) is 4.90 Å². The molecule has 1 aliphatic heterocycles. The number of halogens is 1. The maximum atomic E-state index is 13.7. The molecule has 3 aromatic rings. The highest BCUT2D eigenvalue weighted by Crippen LogP contribution is 2.34. The van der Waals surface area contributed by atoms with Crippen molar-refractivity contribution in [2.24, 2.45) is 5.41 Å². The summed E-state index contributed by atoms with van der Waals surface area (Å²) in [6.07, 6.45) is 3.78. The average molecular weight is 421 g/mol. The number of hydrogen-bond acceptors (Lipinski definition) is 4. The van der Waals surface area contributed by atoms with Gasteiger partial charge in [-0.05, 0) is 60.7 Å². The van der Waals surface area contributed by atoms with Crippen LogP contribution < -0.4 is 9.47 Å². The number of para-hydroxylation sites is 2. The summed E-state index contributed by atoms with van der Waals surface area (Å²) in [5.41, 5.74) is 1.98. The van der Waals surface area contributed by atoms with Gasteiger partial charge in [0.1, 0.15) is 5.82 Å². The maximum absolute atomic E-state index is 13.7. The summed E-state index contributed by atoms with van der Waals surface area (Å²) in [6, 6.07) is 18.5. The Morgan fingerprint density at radius 2 is 1.87 bits per heavy atom. The van der Waals surface area contributed by atoms with Crippen LogP contribution in [-0.2, 0) is 13.1 Å². The first-order chi connectivity index (χ1) is 15.0. The molecule has 2 aromatic carbocycles. The maximum Gasteiger partial charge on any atom is 0.223 e. The molecule has 0 saturated heterocycles. The zero-order valence-electron chi connectivity index (χ0n) is 18.2. The molecule has 0 radical (unpaired) electrons. The number of rotatable bonds is 2. The molecule has 2 heterocycles. The van der Waals surface area contributed by atoms with Crippen molar-refractivity contribution in [1.29, 1.82) is 0 Å². The summed E-state index contributed by atoms with van der Waals surface area (Å²) in [6.45, 7) is 7.28. The summed E-state index contributed by atoms with van der Waals surface area (Å²) < 4.78 is 26.1. The number of hydrogen-bond donors (Lipinski definition) is 0. The predicted octanol–water partition coefficient (Wildman–Crippen LogP) is 6.21. The zero-order chi connectivity index (χ0) is 21.7. The average Bonchev–Trinajstić information content (AvgIpc) is 2.75. The molecule has 0 amide bonds. The van der Waals surface area contributed by atoms with Crippen LogP contribution in [0.2, 0.25) is 0 Å². The first-order valence-corrected chi connectivity index (χ1v) is 10.8. The van der Waals surface area contributed by atoms with Crippen LogP contribution in [0.25, 0.3) is 0 Å². The molecule has 0 bridgehead atoms. The van der Waals surface area contributed by atoms with Gasteiger partial charge in [-0.1, -0.05) is 44.2 Å². The molecule has 0 fully saturated rings. The first-order valence-electron chi connectivity index (χ1n) is 10.8. The van der Waals surface area contributed by atoms with Gasteiger partial charge in [0.25, 0.3) is 0 Å². The van der Waals surface area contributed by atoms with E-state index in [9.17, 15) is 4.39 Å². The standard InChI is InChI=1S/C26H29FN2O2/c1-26(2)13-7-15-29(17-20-8-5-10-22(27)16-20)18-21-9-6-14-28-25(21)31-24-12-4-3-11-23(24)30-19-26/h3-6,8-12,14,16H,7,13,15,17-19H2,1-2H3. The molecule has 0 unspecified atom stereocenters. The van der Waals surface area contributed by atoms with E-state index in [0.29, 0.717) is 31.3 Å². The molecule has 5 heteroatoms. The summed E-state index contributed by atoms with van der Waals surface area (Å²) in [7, 11) is 0. The molecule has 1 aliphatic rings. The van der Waals surface area contributed by atoms with Crippen LogP contribution in [0.4, 0.5) is 4.39 Å². The number of fused-ring (bicyclic) bond motifs is 2. The zero-order valence-corrected chi connectivity index (χ0v) is 18.2. The first kappa shape index (κ1) is 21.3. The van der Waals surface area contributed by atoms with Crippen LogP contribution in [0.5, 0.6) is 17.4 Å². The van der Waals surface area contributed by atoms with Crippen LogP contribution in [0.3, 0.4) is 0 Å². The van der Waals surface area contributed by atoms with Crippen LogP contribution >= 0.6 is 0 Å². The molecule has 0 saturated carbocycles. The lowest BCUT2D eigenvalue weighted by atomic mass is 9.88. The Labute approximate surface area is 183 Å². The molecular formula is C26H29FN2O2. The van der Waals surface area contributed by atoms with Crippen LogP contribution in [0, 0.1) is 11.2 Å². The van der Waals surface area contributed by atoms with Gasteiger partial charge in [0, 0.05) is 24.8 Å². The Hall–Kier alpha value is -2.92. The summed E-state index contributed by atoms with van der Waals surface area (Å²) in [4.78, 5) is 6.82. The Morgan fingerprint density at radius 3 is 2.71 bits per heavy atom. The quantitative estimate of drug-likeness (QED) is 0.493. The topological polar surface area (TPSA) is 34.6 Å². The van der Waals surface area contributed by atoms with Crippen molar-refractivity contribution in [3.63, 3.8) is 0 Å². The fourth-order valence-electron chi connectivity index (χ4n) is 3.87. The van der Waals surface area contributed by atoms with Gasteiger partial charge >= 0.3 is 0 Å². The Kier molecular flexibility index (Phi) is 6.52. The number of ether oxygens (including phenoxy) is 2. The van der Waals surface area contributed by atoms with E-state index >= 15 is 0 Å². The number of nitrogens with zero attached hydrogens (tertiary/aromatic N) is 2. The van der Waals surface area contributed by atoms with Gasteiger partial charge in [0.05, 0.1) is 6.61 Å². The Bertz CT molecular complexity index is 1020. The second-order valence-electron chi connectivity index (χ2n) is 8.91. The molecule has 1 aromatic heterocycles. The van der Waals surface area contributed by atoms with Gasteiger partial charge in [-0.2, -0.15) is 0 Å². The number of aromatic nitrogens is 1. The van der Waals surface area contributed by atoms with Gasteiger partial charge in [-0.15, -0.1) is 0 Å². The molecule has 0 spiro atoms. The highest BCUT2D eigenvalue weighted by Gasteiger charge is 2.22. The lowest BCUT2D eigenvalue weighted by molar-refractivity contribution is 0.154. The van der Waals surface area contributed by atoms with Crippen molar-refractivity contribution in [2.45, 2.75) is 39.8 Å². The van der Waals surface area contributed by atoms with Crippen molar-refractivity contribution in [1.82, 2.24) is 9.88 Å². The third-order valence-electron chi connectivity index (χ3n) is 5.54. The SMILES string of the molecule is CC1(C)CCCN(Cc2cccc(F)c2)Cc2cccnc2Oc2ccccc2OC1. The van der Waals surface area contributed by atoms with Gasteiger partial charge in [-0.25, -0.2) is 9.37 Å². The highest BCUT2D eigenvalue weighted by atomic mass is 19.1. The van der Waals surface area contributed by atoms with Crippen molar-refractivity contribution in [3.8, 4) is 17.4 Å². The van der Waals surface area contributed by atoms with Crippen molar-refractivity contribution in [2.75, 3.05) is 13.2 Å². The fraction of sp³-hybridized carbons (Fsp3) is 0.346. The van der Waals surface area contributed by atoms with Crippen LogP contribution in [-0.4, -0.2) is 23.0 Å². The van der Waals surface area contributed by atoms with E-state index in [1.165, 1.54) is 6.07 Å². The third kappa shape index (κ3) is 5.82. The minimum Gasteiger partial charge on any atom is -0.489 e. The molecule has 0 aliphatic carbocycles. The molecule has 31 heavy (non-hydrogen) atoms. The minimum atomic E-state index is -0.205. The summed E-state index contributed by atoms with van der Waals surface area (Å²) in [5.74, 6) is 1.75. The van der Waals surface area contributed by atoms with E-state index in [4.69, 9.17) is 9.47 Å². The summed E-state index contributed by atoms with van der Waals surface area (Å²) in [5, 5.41) is 0. The summed E-state index contributed by atoms with van der Waals surface area (Å²) >= 11 is 0. The van der Waals surface area contributed by atoms with E-state index in [0.717, 1.165) is 36.3 Å². The van der Waals surface area contributed by atoms with Crippen molar-refractivity contribution >= 4 is 0 Å². The largest absolute Gasteiger partial charge is 0.489 e. The normalized spacial score (nSPS) is 17.0. The number of pyridine rings is 1. The van der Waals surface area contributed by atoms with E-state index in [-0.39, 0.29) is 11.2 Å². The smallest absolute Gasteiger partial charge is 0.223 e. The molecule has 0 N–H and O–H groups in total. The Balaban J connectivity index is 1.65. The molecule has 0 atom stereocenters. The van der Waals surface area contributed by atoms with E-state index in [1.807, 2.05) is 42.5 Å². The Morgan fingerprint density at radius 1 is 1.03 bits per heavy atom. The molecule has 4 nitrogen and oxygen atoms in total. The van der Waals surface area contributed by atoms with Crippen molar-refractivity contribution in [3.05, 3.63) is 83.8 Å². The van der Waals surface area contributed by atoms with E-state index in [1.54, 1.807) is 18.3 Å². The number of benzene rings is 2. The van der Waals surface area contributed by atoms with Gasteiger partial charge in [0.15, 0.2) is 11.5 Å². The lowest BCUT2D eigenvalue weighted by Gasteiger charge is -2.27. The van der Waals surface area contributed by atoms with Crippen LogP contribution in [0.15, 0.2) is 66.9 Å². The van der Waals surface area contributed by atoms with Gasteiger partial charge < -0.3 is 9.47 Å². The lowest BCUT2D eigenvalue weighted by Crippen LogP contribution is -2.27. The predicted molar refractivity (Wildman–Crippen MR) is 120 cm³/mol. The van der Waals surface area contributed by atoms with E-state index < -0.39 is 0 Å². The highest BCUT2D eigenvalue weighted by molar-refractivity contribution is 5.43. The molecule has 4 rings (SSSR count). The van der Waals surface area contributed by atoms with Crippen LogP contribution in [0.1, 0.15) is 37.8 Å². The fourth-order valence-corrected chi connectivity index (χ4v) is 3.87. The second-order valence-corrected chi connectivity index (χ2v) is 8.91.